The first-order valence-electron chi connectivity index (χ1n) is 5.96. The Bertz CT molecular complexity index is 365. The molecular formula is C13H21N3OS. The molecule has 1 amide bonds. The van der Waals surface area contributed by atoms with Crippen molar-refractivity contribution in [3.8, 4) is 0 Å². The van der Waals surface area contributed by atoms with Crippen molar-refractivity contribution in [2.24, 2.45) is 0 Å². The highest BCUT2D eigenvalue weighted by Crippen LogP contribution is 2.11. The monoisotopic (exact) mass is 267 g/mol. The minimum atomic E-state index is 0.0529. The van der Waals surface area contributed by atoms with E-state index in [-0.39, 0.29) is 5.91 Å². The van der Waals surface area contributed by atoms with E-state index < -0.39 is 0 Å². The third-order valence-electron chi connectivity index (χ3n) is 2.35. The van der Waals surface area contributed by atoms with E-state index in [9.17, 15) is 4.79 Å². The minimum absolute atomic E-state index is 0.0529. The lowest BCUT2D eigenvalue weighted by Gasteiger charge is -2.08. The summed E-state index contributed by atoms with van der Waals surface area (Å²) in [7, 11) is 4.10. The number of benzene rings is 1. The summed E-state index contributed by atoms with van der Waals surface area (Å²) >= 11 is 1.80. The maximum Gasteiger partial charge on any atom is 0.225 e. The molecular weight excluding hydrogens is 246 g/mol. The van der Waals surface area contributed by atoms with E-state index in [0.717, 1.165) is 23.7 Å². The van der Waals surface area contributed by atoms with Crippen LogP contribution in [-0.4, -0.2) is 43.0 Å². The SMILES string of the molecule is CN(C)CCSCCC(=O)Nc1ccc(N)cc1. The van der Waals surface area contributed by atoms with Crippen LogP contribution in [0.4, 0.5) is 11.4 Å². The number of carbonyl (C=O) groups is 1. The molecule has 100 valence electrons. The molecule has 0 spiro atoms. The average molecular weight is 267 g/mol. The third kappa shape index (κ3) is 6.51. The van der Waals surface area contributed by atoms with Crippen LogP contribution >= 0.6 is 11.8 Å². The zero-order valence-electron chi connectivity index (χ0n) is 11.0. The van der Waals surface area contributed by atoms with Gasteiger partial charge in [-0.3, -0.25) is 4.79 Å². The smallest absolute Gasteiger partial charge is 0.225 e. The summed E-state index contributed by atoms with van der Waals surface area (Å²) in [5.41, 5.74) is 7.08. The Hall–Kier alpha value is -1.20. The minimum Gasteiger partial charge on any atom is -0.399 e. The van der Waals surface area contributed by atoms with Crippen molar-refractivity contribution >= 4 is 29.0 Å². The number of amides is 1. The zero-order valence-corrected chi connectivity index (χ0v) is 11.8. The van der Waals surface area contributed by atoms with Crippen molar-refractivity contribution in [3.05, 3.63) is 24.3 Å². The summed E-state index contributed by atoms with van der Waals surface area (Å²) in [6.07, 6.45) is 0.544. The van der Waals surface area contributed by atoms with E-state index in [1.807, 2.05) is 26.2 Å². The molecule has 1 aromatic rings. The number of carbonyl (C=O) groups excluding carboxylic acids is 1. The first-order valence-corrected chi connectivity index (χ1v) is 7.11. The molecule has 0 aliphatic carbocycles. The van der Waals surface area contributed by atoms with Crippen LogP contribution in [0.15, 0.2) is 24.3 Å². The van der Waals surface area contributed by atoms with E-state index in [2.05, 4.69) is 10.2 Å². The average Bonchev–Trinajstić information content (AvgIpc) is 2.31. The molecule has 0 saturated heterocycles. The molecule has 0 atom stereocenters. The van der Waals surface area contributed by atoms with E-state index >= 15 is 0 Å². The molecule has 0 aliphatic heterocycles. The second-order valence-corrected chi connectivity index (χ2v) is 5.56. The van der Waals surface area contributed by atoms with Crippen LogP contribution in [0.25, 0.3) is 0 Å². The largest absolute Gasteiger partial charge is 0.399 e. The van der Waals surface area contributed by atoms with Crippen molar-refractivity contribution in [3.63, 3.8) is 0 Å². The summed E-state index contributed by atoms with van der Waals surface area (Å²) < 4.78 is 0. The summed E-state index contributed by atoms with van der Waals surface area (Å²) in [6, 6.07) is 7.18. The fourth-order valence-corrected chi connectivity index (χ4v) is 2.33. The summed E-state index contributed by atoms with van der Waals surface area (Å²) in [6.45, 7) is 1.05. The first kappa shape index (κ1) is 14.9. The molecule has 18 heavy (non-hydrogen) atoms. The van der Waals surface area contributed by atoms with Gasteiger partial charge in [0.15, 0.2) is 0 Å². The Morgan fingerprint density at radius 1 is 1.28 bits per heavy atom. The van der Waals surface area contributed by atoms with Gasteiger partial charge < -0.3 is 16.0 Å². The molecule has 3 N–H and O–H groups in total. The molecule has 0 fully saturated rings. The van der Waals surface area contributed by atoms with Gasteiger partial charge in [0.05, 0.1) is 0 Å². The summed E-state index contributed by atoms with van der Waals surface area (Å²) in [4.78, 5) is 13.8. The van der Waals surface area contributed by atoms with Gasteiger partial charge in [-0.2, -0.15) is 11.8 Å². The fourth-order valence-electron chi connectivity index (χ4n) is 1.30. The molecule has 4 nitrogen and oxygen atoms in total. The predicted molar refractivity (Wildman–Crippen MR) is 80.0 cm³/mol. The Morgan fingerprint density at radius 2 is 1.94 bits per heavy atom. The second kappa shape index (κ2) is 8.00. The normalized spacial score (nSPS) is 10.6. The summed E-state index contributed by atoms with van der Waals surface area (Å²) in [5.74, 6) is 1.97. The maximum atomic E-state index is 11.6. The van der Waals surface area contributed by atoms with Gasteiger partial charge in [0.2, 0.25) is 5.91 Å². The molecule has 0 aliphatic rings. The van der Waals surface area contributed by atoms with Gasteiger partial charge in [-0.15, -0.1) is 0 Å². The van der Waals surface area contributed by atoms with Gasteiger partial charge >= 0.3 is 0 Å². The number of rotatable bonds is 7. The Labute approximate surface area is 113 Å². The number of nitrogens with two attached hydrogens (primary N) is 1. The van der Waals surface area contributed by atoms with Crippen LogP contribution in [0.1, 0.15) is 6.42 Å². The van der Waals surface area contributed by atoms with E-state index in [1.54, 1.807) is 23.9 Å². The topological polar surface area (TPSA) is 58.4 Å². The molecule has 1 aromatic carbocycles. The van der Waals surface area contributed by atoms with Crippen molar-refractivity contribution in [1.82, 2.24) is 4.90 Å². The predicted octanol–water partition coefficient (Wildman–Crippen LogP) is 1.89. The number of thioether (sulfide) groups is 1. The van der Waals surface area contributed by atoms with Crippen LogP contribution in [0, 0.1) is 0 Å². The number of anilines is 2. The van der Waals surface area contributed by atoms with Crippen molar-refractivity contribution in [2.45, 2.75) is 6.42 Å². The van der Waals surface area contributed by atoms with Crippen molar-refractivity contribution in [2.75, 3.05) is 43.2 Å². The van der Waals surface area contributed by atoms with E-state index in [4.69, 9.17) is 5.73 Å². The Kier molecular flexibility index (Phi) is 6.60. The van der Waals surface area contributed by atoms with Crippen LogP contribution in [0.3, 0.4) is 0 Å². The van der Waals surface area contributed by atoms with Crippen LogP contribution in [0.2, 0.25) is 0 Å². The number of nitrogen functional groups attached to an aromatic ring is 1. The highest BCUT2D eigenvalue weighted by atomic mass is 32.2. The van der Waals surface area contributed by atoms with E-state index in [1.165, 1.54) is 0 Å². The van der Waals surface area contributed by atoms with Crippen molar-refractivity contribution < 1.29 is 4.79 Å². The van der Waals surface area contributed by atoms with Gasteiger partial charge in [0.25, 0.3) is 0 Å². The molecule has 0 bridgehead atoms. The molecule has 0 heterocycles. The maximum absolute atomic E-state index is 11.6. The highest BCUT2D eigenvalue weighted by molar-refractivity contribution is 7.99. The van der Waals surface area contributed by atoms with Crippen LogP contribution < -0.4 is 11.1 Å². The van der Waals surface area contributed by atoms with Crippen LogP contribution in [-0.2, 0) is 4.79 Å². The lowest BCUT2D eigenvalue weighted by atomic mass is 10.3. The molecule has 5 heteroatoms. The highest BCUT2D eigenvalue weighted by Gasteiger charge is 2.02. The lowest BCUT2D eigenvalue weighted by Crippen LogP contribution is -2.16. The summed E-state index contributed by atoms with van der Waals surface area (Å²) in [5, 5.41) is 2.85. The van der Waals surface area contributed by atoms with Gasteiger partial charge in [0, 0.05) is 35.8 Å². The quantitative estimate of drug-likeness (QED) is 0.585. The Morgan fingerprint density at radius 3 is 2.56 bits per heavy atom. The molecule has 1 rings (SSSR count). The zero-order chi connectivity index (χ0) is 13.4. The Balaban J connectivity index is 2.16. The van der Waals surface area contributed by atoms with E-state index in [0.29, 0.717) is 12.1 Å². The number of hydrogen-bond acceptors (Lipinski definition) is 4. The first-order chi connectivity index (χ1) is 8.58. The van der Waals surface area contributed by atoms with Gasteiger partial charge in [0.1, 0.15) is 0 Å². The van der Waals surface area contributed by atoms with Crippen LogP contribution in [0.5, 0.6) is 0 Å². The molecule has 0 aromatic heterocycles. The molecule has 0 unspecified atom stereocenters. The van der Waals surface area contributed by atoms with Gasteiger partial charge in [-0.1, -0.05) is 0 Å². The lowest BCUT2D eigenvalue weighted by molar-refractivity contribution is -0.115. The number of nitrogens with zero attached hydrogens (tertiary/aromatic N) is 1. The second-order valence-electron chi connectivity index (χ2n) is 4.34. The molecule has 0 radical (unpaired) electrons. The molecule has 0 saturated carbocycles. The standard InChI is InChI=1S/C13H21N3OS/c1-16(2)8-10-18-9-7-13(17)15-12-5-3-11(14)4-6-12/h3-6H,7-10,14H2,1-2H3,(H,15,17). The fraction of sp³-hybridized carbons (Fsp3) is 0.462. The number of hydrogen-bond donors (Lipinski definition) is 2. The van der Waals surface area contributed by atoms with Crippen molar-refractivity contribution in [1.29, 1.82) is 0 Å². The van der Waals surface area contributed by atoms with Gasteiger partial charge in [-0.05, 0) is 38.4 Å². The third-order valence-corrected chi connectivity index (χ3v) is 3.31. The number of nitrogens with one attached hydrogen (secondary N) is 1. The van der Waals surface area contributed by atoms with Gasteiger partial charge in [-0.25, -0.2) is 0 Å².